The molecule has 1 fully saturated rings. The molecule has 114 valence electrons. The van der Waals surface area contributed by atoms with Crippen molar-refractivity contribution in [1.29, 1.82) is 0 Å². The molecule has 0 aromatic carbocycles. The Balaban J connectivity index is 2.06. The number of aryl methyl sites for hydroxylation is 2. The number of hydrogen-bond donors (Lipinski definition) is 2. The first-order valence-corrected chi connectivity index (χ1v) is 8.57. The number of sulfonamides is 1. The Bertz CT molecular complexity index is 525. The summed E-state index contributed by atoms with van der Waals surface area (Å²) in [6.45, 7) is 5.71. The molecule has 1 aromatic rings. The number of nitrogens with one attached hydrogen (secondary N) is 2. The van der Waals surface area contributed by atoms with Crippen LogP contribution in [0.25, 0.3) is 0 Å². The number of piperidine rings is 1. The van der Waals surface area contributed by atoms with Gasteiger partial charge in [0.1, 0.15) is 4.90 Å². The van der Waals surface area contributed by atoms with Gasteiger partial charge in [-0.15, -0.1) is 0 Å². The quantitative estimate of drug-likeness (QED) is 0.851. The van der Waals surface area contributed by atoms with Crippen LogP contribution in [0, 0.1) is 19.8 Å². The van der Waals surface area contributed by atoms with E-state index in [1.807, 2.05) is 7.05 Å². The Morgan fingerprint density at radius 2 is 2.00 bits per heavy atom. The minimum Gasteiger partial charge on any atom is -0.320 e. The van der Waals surface area contributed by atoms with E-state index in [-0.39, 0.29) is 0 Å². The molecular formula is C13H24N4O2S. The molecule has 1 saturated heterocycles. The molecule has 2 heterocycles. The molecule has 1 aromatic heterocycles. The van der Waals surface area contributed by atoms with Crippen LogP contribution in [-0.2, 0) is 10.0 Å². The lowest BCUT2D eigenvalue weighted by Gasteiger charge is -2.31. The van der Waals surface area contributed by atoms with E-state index in [0.717, 1.165) is 25.8 Å². The summed E-state index contributed by atoms with van der Waals surface area (Å²) in [5, 5.41) is 9.90. The van der Waals surface area contributed by atoms with Crippen molar-refractivity contribution >= 4 is 10.0 Å². The first-order chi connectivity index (χ1) is 9.46. The fraction of sp³-hybridized carbons (Fsp3) is 0.769. The Morgan fingerprint density at radius 1 is 1.35 bits per heavy atom. The van der Waals surface area contributed by atoms with Crippen LogP contribution in [0.1, 0.15) is 30.7 Å². The summed E-state index contributed by atoms with van der Waals surface area (Å²) in [7, 11) is -1.45. The van der Waals surface area contributed by atoms with E-state index in [1.54, 1.807) is 18.2 Å². The maximum absolute atomic E-state index is 12.7. The molecule has 0 spiro atoms. The Morgan fingerprint density at radius 3 is 2.50 bits per heavy atom. The molecule has 2 rings (SSSR count). The number of aromatic amines is 1. The van der Waals surface area contributed by atoms with Gasteiger partial charge in [0.25, 0.3) is 0 Å². The van der Waals surface area contributed by atoms with Gasteiger partial charge >= 0.3 is 0 Å². The van der Waals surface area contributed by atoms with Crippen molar-refractivity contribution in [1.82, 2.24) is 19.8 Å². The lowest BCUT2D eigenvalue weighted by atomic mass is 9.95. The summed E-state index contributed by atoms with van der Waals surface area (Å²) in [6.07, 6.45) is 3.00. The molecule has 0 amide bonds. The van der Waals surface area contributed by atoms with Crippen LogP contribution in [0.2, 0.25) is 0 Å². The lowest BCUT2D eigenvalue weighted by molar-refractivity contribution is 0.263. The number of rotatable bonds is 5. The number of nitrogens with zero attached hydrogens (tertiary/aromatic N) is 2. The van der Waals surface area contributed by atoms with Crippen molar-refractivity contribution < 1.29 is 8.42 Å². The molecule has 20 heavy (non-hydrogen) atoms. The molecule has 0 saturated carbocycles. The molecule has 6 nitrogen and oxygen atoms in total. The average molecular weight is 300 g/mol. The highest BCUT2D eigenvalue weighted by Crippen LogP contribution is 2.27. The zero-order valence-electron chi connectivity index (χ0n) is 12.4. The molecule has 7 heteroatoms. The summed E-state index contributed by atoms with van der Waals surface area (Å²) in [5.41, 5.74) is 1.18. The first-order valence-electron chi connectivity index (χ1n) is 7.13. The lowest BCUT2D eigenvalue weighted by Crippen LogP contribution is -2.39. The van der Waals surface area contributed by atoms with Crippen molar-refractivity contribution in [2.45, 2.75) is 38.0 Å². The summed E-state index contributed by atoms with van der Waals surface area (Å²) >= 11 is 0. The van der Waals surface area contributed by atoms with E-state index in [0.29, 0.717) is 35.3 Å². The largest absolute Gasteiger partial charge is 0.320 e. The summed E-state index contributed by atoms with van der Waals surface area (Å²) in [5.74, 6) is 0.625. The SMILES string of the molecule is CNCCC1CCN(S(=O)(=O)c2c(C)n[nH]c2C)CC1. The normalized spacial score (nSPS) is 18.6. The van der Waals surface area contributed by atoms with Crippen LogP contribution < -0.4 is 5.32 Å². The molecule has 2 N–H and O–H groups in total. The van der Waals surface area contributed by atoms with Gasteiger partial charge in [-0.25, -0.2) is 8.42 Å². The molecular weight excluding hydrogens is 276 g/mol. The Hall–Kier alpha value is -0.920. The zero-order valence-corrected chi connectivity index (χ0v) is 13.3. The second-order valence-corrected chi connectivity index (χ2v) is 7.38. The third-order valence-electron chi connectivity index (χ3n) is 4.03. The Kier molecular flexibility index (Phi) is 4.82. The molecule has 0 radical (unpaired) electrons. The standard InChI is InChI=1S/C13H24N4O2S/c1-10-13(11(2)16-15-10)20(18,19)17-8-5-12(6-9-17)4-7-14-3/h12,14H,4-9H2,1-3H3,(H,15,16). The molecule has 0 bridgehead atoms. The molecule has 1 aliphatic rings. The van der Waals surface area contributed by atoms with Gasteiger partial charge in [0.2, 0.25) is 10.0 Å². The van der Waals surface area contributed by atoms with Crippen molar-refractivity contribution in [3.05, 3.63) is 11.4 Å². The van der Waals surface area contributed by atoms with Crippen molar-refractivity contribution in [3.8, 4) is 0 Å². The molecule has 0 aliphatic carbocycles. The van der Waals surface area contributed by atoms with Gasteiger partial charge in [0, 0.05) is 13.1 Å². The van der Waals surface area contributed by atoms with Gasteiger partial charge in [-0.3, -0.25) is 5.10 Å². The fourth-order valence-electron chi connectivity index (χ4n) is 2.84. The average Bonchev–Trinajstić information content (AvgIpc) is 2.77. The second-order valence-electron chi connectivity index (χ2n) is 5.50. The van der Waals surface area contributed by atoms with Gasteiger partial charge in [-0.2, -0.15) is 9.40 Å². The van der Waals surface area contributed by atoms with Crippen LogP contribution in [0.5, 0.6) is 0 Å². The van der Waals surface area contributed by atoms with Crippen LogP contribution in [0.3, 0.4) is 0 Å². The maximum Gasteiger partial charge on any atom is 0.246 e. The third kappa shape index (κ3) is 3.05. The molecule has 0 atom stereocenters. The van der Waals surface area contributed by atoms with Crippen LogP contribution in [-0.4, -0.2) is 49.6 Å². The zero-order chi connectivity index (χ0) is 14.8. The number of H-pyrrole nitrogens is 1. The second kappa shape index (κ2) is 6.24. The first kappa shape index (κ1) is 15.5. The van der Waals surface area contributed by atoms with E-state index in [1.165, 1.54) is 0 Å². The maximum atomic E-state index is 12.7. The number of hydrogen-bond acceptors (Lipinski definition) is 4. The van der Waals surface area contributed by atoms with Gasteiger partial charge < -0.3 is 5.32 Å². The molecule has 1 aliphatic heterocycles. The van der Waals surface area contributed by atoms with Crippen molar-refractivity contribution in [3.63, 3.8) is 0 Å². The predicted molar refractivity (Wildman–Crippen MR) is 78.1 cm³/mol. The summed E-state index contributed by atoms with van der Waals surface area (Å²) < 4.78 is 26.9. The Labute approximate surface area is 121 Å². The van der Waals surface area contributed by atoms with E-state index in [9.17, 15) is 8.42 Å². The molecule has 0 unspecified atom stereocenters. The van der Waals surface area contributed by atoms with E-state index in [2.05, 4.69) is 15.5 Å². The topological polar surface area (TPSA) is 78.1 Å². The van der Waals surface area contributed by atoms with Crippen LogP contribution >= 0.6 is 0 Å². The highest BCUT2D eigenvalue weighted by Gasteiger charge is 2.32. The number of aromatic nitrogens is 2. The van der Waals surface area contributed by atoms with Crippen LogP contribution in [0.15, 0.2) is 4.90 Å². The highest BCUT2D eigenvalue weighted by molar-refractivity contribution is 7.89. The minimum atomic E-state index is -3.40. The van der Waals surface area contributed by atoms with Gasteiger partial charge in [0.05, 0.1) is 11.4 Å². The van der Waals surface area contributed by atoms with Gasteiger partial charge in [0.15, 0.2) is 0 Å². The van der Waals surface area contributed by atoms with Gasteiger partial charge in [-0.1, -0.05) is 0 Å². The van der Waals surface area contributed by atoms with E-state index < -0.39 is 10.0 Å². The fourth-order valence-corrected chi connectivity index (χ4v) is 4.64. The highest BCUT2D eigenvalue weighted by atomic mass is 32.2. The van der Waals surface area contributed by atoms with Crippen LogP contribution in [0.4, 0.5) is 0 Å². The van der Waals surface area contributed by atoms with Gasteiger partial charge in [-0.05, 0) is 52.6 Å². The summed E-state index contributed by atoms with van der Waals surface area (Å²) in [4.78, 5) is 0.353. The smallest absolute Gasteiger partial charge is 0.246 e. The van der Waals surface area contributed by atoms with E-state index in [4.69, 9.17) is 0 Å². The van der Waals surface area contributed by atoms with E-state index >= 15 is 0 Å². The monoisotopic (exact) mass is 300 g/mol. The minimum absolute atomic E-state index is 0.353. The third-order valence-corrected chi connectivity index (χ3v) is 6.20. The predicted octanol–water partition coefficient (Wildman–Crippen LogP) is 1.04. The van der Waals surface area contributed by atoms with Crippen molar-refractivity contribution in [2.75, 3.05) is 26.7 Å². The summed E-state index contributed by atoms with van der Waals surface area (Å²) in [6, 6.07) is 0. The van der Waals surface area contributed by atoms with Crippen molar-refractivity contribution in [2.24, 2.45) is 5.92 Å².